The summed E-state index contributed by atoms with van der Waals surface area (Å²) in [4.78, 5) is 34.8. The van der Waals surface area contributed by atoms with Gasteiger partial charge in [-0.25, -0.2) is 0 Å². The van der Waals surface area contributed by atoms with Gasteiger partial charge in [0.2, 0.25) is 0 Å². The highest BCUT2D eigenvalue weighted by Crippen LogP contribution is 2.26. The summed E-state index contributed by atoms with van der Waals surface area (Å²) >= 11 is 1.19. The highest BCUT2D eigenvalue weighted by Gasteiger charge is 2.18. The normalized spacial score (nSPS) is 11.3. The molecule has 1 atom stereocenters. The van der Waals surface area contributed by atoms with Crippen LogP contribution in [0.3, 0.4) is 0 Å². The van der Waals surface area contributed by atoms with Crippen LogP contribution in [0.15, 0.2) is 53.4 Å². The van der Waals surface area contributed by atoms with Gasteiger partial charge in [-0.3, -0.25) is 19.7 Å². The molecule has 0 heterocycles. The molecule has 0 saturated heterocycles. The Labute approximate surface area is 160 Å². The van der Waals surface area contributed by atoms with E-state index in [0.717, 1.165) is 0 Å². The van der Waals surface area contributed by atoms with E-state index in [-0.39, 0.29) is 5.69 Å². The molecule has 0 radical (unpaired) electrons. The van der Waals surface area contributed by atoms with E-state index < -0.39 is 28.7 Å². The molecule has 0 aliphatic carbocycles. The first kappa shape index (κ1) is 20.2. The van der Waals surface area contributed by atoms with Crippen molar-refractivity contribution in [1.29, 1.82) is 0 Å². The lowest BCUT2D eigenvalue weighted by molar-refractivity contribution is -0.384. The number of rotatable bonds is 8. The molecule has 0 aliphatic heterocycles. The average Bonchev–Trinajstić information content (AvgIpc) is 2.66. The molecule has 0 bridgehead atoms. The van der Waals surface area contributed by atoms with Gasteiger partial charge in [-0.15, -0.1) is 11.8 Å². The van der Waals surface area contributed by atoms with Crippen LogP contribution in [-0.4, -0.2) is 35.8 Å². The third kappa shape index (κ3) is 6.30. The van der Waals surface area contributed by atoms with E-state index in [4.69, 9.17) is 9.47 Å². The molecular weight excluding hydrogens is 372 g/mol. The van der Waals surface area contributed by atoms with Crippen LogP contribution in [0, 0.1) is 10.1 Å². The summed E-state index contributed by atoms with van der Waals surface area (Å²) < 4.78 is 10.1. The van der Waals surface area contributed by atoms with Gasteiger partial charge in [-0.2, -0.15) is 0 Å². The fourth-order valence-electron chi connectivity index (χ4n) is 2.05. The second kappa shape index (κ2) is 9.58. The third-order valence-electron chi connectivity index (χ3n) is 3.39. The van der Waals surface area contributed by atoms with Gasteiger partial charge in [0.25, 0.3) is 11.6 Å². The molecule has 0 spiro atoms. The smallest absolute Gasteiger partial charge is 0.319 e. The summed E-state index contributed by atoms with van der Waals surface area (Å²) in [6.45, 7) is 1.22. The first-order valence-electron chi connectivity index (χ1n) is 7.90. The Hall–Kier alpha value is -3.07. The van der Waals surface area contributed by atoms with Crippen LogP contribution in [0.5, 0.6) is 5.75 Å². The zero-order chi connectivity index (χ0) is 19.8. The fraction of sp³-hybridized carbons (Fsp3) is 0.222. The van der Waals surface area contributed by atoms with Crippen LogP contribution in [0.25, 0.3) is 0 Å². The van der Waals surface area contributed by atoms with Crippen molar-refractivity contribution in [3.05, 3.63) is 58.6 Å². The van der Waals surface area contributed by atoms with Gasteiger partial charge in [-0.1, -0.05) is 6.07 Å². The number of carbonyl (C=O) groups excluding carboxylic acids is 2. The number of carbonyl (C=O) groups is 2. The topological polar surface area (TPSA) is 108 Å². The second-order valence-electron chi connectivity index (χ2n) is 5.40. The predicted molar refractivity (Wildman–Crippen MR) is 101 cm³/mol. The van der Waals surface area contributed by atoms with Crippen LogP contribution >= 0.6 is 11.8 Å². The minimum Gasteiger partial charge on any atom is -0.497 e. The molecule has 1 N–H and O–H groups in total. The van der Waals surface area contributed by atoms with Gasteiger partial charge in [0.1, 0.15) is 11.0 Å². The number of nitrogens with one attached hydrogen (secondary N) is 1. The molecule has 27 heavy (non-hydrogen) atoms. The van der Waals surface area contributed by atoms with Crippen LogP contribution in [0.4, 0.5) is 11.4 Å². The molecule has 2 aromatic rings. The number of hydrogen-bond acceptors (Lipinski definition) is 7. The van der Waals surface area contributed by atoms with Gasteiger partial charge in [0, 0.05) is 28.8 Å². The number of benzene rings is 2. The van der Waals surface area contributed by atoms with Gasteiger partial charge >= 0.3 is 5.97 Å². The van der Waals surface area contributed by atoms with Crippen LogP contribution in [-0.2, 0) is 14.3 Å². The number of anilines is 1. The Kier molecular flexibility index (Phi) is 7.18. The van der Waals surface area contributed by atoms with E-state index in [0.29, 0.717) is 16.3 Å². The molecule has 0 saturated carbocycles. The van der Waals surface area contributed by atoms with Crippen LogP contribution in [0.2, 0.25) is 0 Å². The first-order valence-corrected chi connectivity index (χ1v) is 8.78. The Bertz CT molecular complexity index is 825. The number of ether oxygens (including phenoxy) is 2. The van der Waals surface area contributed by atoms with Crippen molar-refractivity contribution in [1.82, 2.24) is 0 Å². The van der Waals surface area contributed by atoms with E-state index in [9.17, 15) is 19.7 Å². The molecule has 1 unspecified atom stereocenters. The number of amides is 1. The van der Waals surface area contributed by atoms with Crippen LogP contribution in [0.1, 0.15) is 6.92 Å². The van der Waals surface area contributed by atoms with Gasteiger partial charge in [-0.05, 0) is 31.2 Å². The molecule has 0 fully saturated rings. The van der Waals surface area contributed by atoms with E-state index in [2.05, 4.69) is 5.32 Å². The molecule has 142 valence electrons. The first-order chi connectivity index (χ1) is 12.9. The highest BCUT2D eigenvalue weighted by atomic mass is 32.2. The minimum atomic E-state index is -0.573. The molecule has 9 heteroatoms. The molecule has 1 amide bonds. The number of nitrogens with zero attached hydrogens (tertiary/aromatic N) is 1. The predicted octanol–water partition coefficient (Wildman–Crippen LogP) is 3.27. The minimum absolute atomic E-state index is 0.0243. The Morgan fingerprint density at radius 2 is 1.93 bits per heavy atom. The maximum atomic E-state index is 12.0. The van der Waals surface area contributed by atoms with Crippen molar-refractivity contribution in [3.63, 3.8) is 0 Å². The fourth-order valence-corrected chi connectivity index (χ4v) is 2.92. The van der Waals surface area contributed by atoms with Gasteiger partial charge in [0.15, 0.2) is 6.61 Å². The summed E-state index contributed by atoms with van der Waals surface area (Å²) in [5.41, 5.74) is 0.507. The largest absolute Gasteiger partial charge is 0.497 e. The number of nitro groups is 1. The van der Waals surface area contributed by atoms with Crippen molar-refractivity contribution in [2.24, 2.45) is 0 Å². The van der Waals surface area contributed by atoms with Crippen molar-refractivity contribution < 1.29 is 24.0 Å². The van der Waals surface area contributed by atoms with E-state index in [1.54, 1.807) is 43.3 Å². The van der Waals surface area contributed by atoms with Crippen molar-refractivity contribution in [3.8, 4) is 5.75 Å². The van der Waals surface area contributed by atoms with Crippen molar-refractivity contribution in [2.75, 3.05) is 19.0 Å². The monoisotopic (exact) mass is 390 g/mol. The highest BCUT2D eigenvalue weighted by molar-refractivity contribution is 8.00. The average molecular weight is 390 g/mol. The maximum absolute atomic E-state index is 12.0. The summed E-state index contributed by atoms with van der Waals surface area (Å²) in [6.07, 6.45) is 0. The third-order valence-corrected chi connectivity index (χ3v) is 4.48. The number of non-ortho nitro benzene ring substituents is 1. The molecular formula is C18H18N2O6S. The molecule has 0 aliphatic rings. The lowest BCUT2D eigenvalue weighted by Crippen LogP contribution is -2.24. The molecule has 2 aromatic carbocycles. The van der Waals surface area contributed by atoms with E-state index in [1.807, 2.05) is 0 Å². The van der Waals surface area contributed by atoms with E-state index >= 15 is 0 Å². The Morgan fingerprint density at radius 1 is 1.22 bits per heavy atom. The lowest BCUT2D eigenvalue weighted by atomic mass is 10.3. The molecule has 8 nitrogen and oxygen atoms in total. The molecule has 2 rings (SSSR count). The zero-order valence-electron chi connectivity index (χ0n) is 14.7. The SMILES string of the molecule is COc1cccc(NC(=O)COC(=O)C(C)Sc2ccc([N+](=O)[O-])cc2)c1. The zero-order valence-corrected chi connectivity index (χ0v) is 15.5. The standard InChI is InChI=1S/C18H18N2O6S/c1-12(27-16-8-6-14(7-9-16)20(23)24)18(22)26-11-17(21)19-13-4-3-5-15(10-13)25-2/h3-10,12H,11H2,1-2H3,(H,19,21). The lowest BCUT2D eigenvalue weighted by Gasteiger charge is -2.11. The number of esters is 1. The van der Waals surface area contributed by atoms with Crippen molar-refractivity contribution >= 4 is 35.0 Å². The van der Waals surface area contributed by atoms with E-state index in [1.165, 1.54) is 31.0 Å². The Morgan fingerprint density at radius 3 is 2.56 bits per heavy atom. The number of hydrogen-bond donors (Lipinski definition) is 1. The molecule has 0 aromatic heterocycles. The second-order valence-corrected chi connectivity index (χ2v) is 6.81. The summed E-state index contributed by atoms with van der Waals surface area (Å²) in [5.74, 6) is -0.429. The number of methoxy groups -OCH3 is 1. The quantitative estimate of drug-likeness (QED) is 0.319. The van der Waals surface area contributed by atoms with Crippen molar-refractivity contribution in [2.45, 2.75) is 17.1 Å². The van der Waals surface area contributed by atoms with Gasteiger partial charge < -0.3 is 14.8 Å². The number of nitro benzene ring substituents is 1. The van der Waals surface area contributed by atoms with Gasteiger partial charge in [0.05, 0.1) is 12.0 Å². The van der Waals surface area contributed by atoms with Crippen LogP contribution < -0.4 is 10.1 Å². The maximum Gasteiger partial charge on any atom is 0.319 e. The summed E-state index contributed by atoms with van der Waals surface area (Å²) in [6, 6.07) is 12.6. The summed E-state index contributed by atoms with van der Waals surface area (Å²) in [7, 11) is 1.52. The summed E-state index contributed by atoms with van der Waals surface area (Å²) in [5, 5.41) is 12.7. The Balaban J connectivity index is 1.81. The number of thioether (sulfide) groups is 1.